The first kappa shape index (κ1) is 15.3. The van der Waals surface area contributed by atoms with Gasteiger partial charge < -0.3 is 15.6 Å². The van der Waals surface area contributed by atoms with Crippen molar-refractivity contribution in [2.45, 2.75) is 38.4 Å². The number of rotatable bonds is 7. The van der Waals surface area contributed by atoms with Crippen molar-refractivity contribution in [3.8, 4) is 0 Å². The van der Waals surface area contributed by atoms with Crippen LogP contribution in [0.15, 0.2) is 49.1 Å². The van der Waals surface area contributed by atoms with Gasteiger partial charge in [-0.25, -0.2) is 4.98 Å². The first-order chi connectivity index (χ1) is 10.1. The van der Waals surface area contributed by atoms with Gasteiger partial charge in [-0.15, -0.1) is 0 Å². The lowest BCUT2D eigenvalue weighted by Crippen LogP contribution is -2.45. The van der Waals surface area contributed by atoms with Crippen molar-refractivity contribution in [3.05, 3.63) is 54.6 Å². The minimum atomic E-state index is -0.476. The maximum atomic E-state index is 12.0. The van der Waals surface area contributed by atoms with Gasteiger partial charge in [-0.05, 0) is 25.3 Å². The molecule has 21 heavy (non-hydrogen) atoms. The topological polar surface area (TPSA) is 72.9 Å². The molecule has 0 bridgehead atoms. The van der Waals surface area contributed by atoms with E-state index in [1.165, 1.54) is 5.56 Å². The number of aromatic nitrogens is 2. The standard InChI is InChI=1S/C16H22N4O/c1-13(11-20-10-9-18-12-20)19-16(21)15(17)8-7-14-5-3-2-4-6-14/h2-6,9-10,12-13,15H,7-8,11,17H2,1H3,(H,19,21). The molecule has 112 valence electrons. The molecule has 0 aliphatic heterocycles. The Bertz CT molecular complexity index is 539. The largest absolute Gasteiger partial charge is 0.351 e. The van der Waals surface area contributed by atoms with Gasteiger partial charge in [0.05, 0.1) is 12.4 Å². The molecule has 0 radical (unpaired) electrons. The minimum Gasteiger partial charge on any atom is -0.351 e. The van der Waals surface area contributed by atoms with Gasteiger partial charge >= 0.3 is 0 Å². The van der Waals surface area contributed by atoms with Crippen LogP contribution in [-0.2, 0) is 17.8 Å². The van der Waals surface area contributed by atoms with Crippen molar-refractivity contribution in [1.82, 2.24) is 14.9 Å². The number of carbonyl (C=O) groups excluding carboxylic acids is 1. The minimum absolute atomic E-state index is 0.0227. The highest BCUT2D eigenvalue weighted by atomic mass is 16.2. The lowest BCUT2D eigenvalue weighted by Gasteiger charge is -2.18. The van der Waals surface area contributed by atoms with Crippen molar-refractivity contribution in [3.63, 3.8) is 0 Å². The molecule has 2 unspecified atom stereocenters. The maximum Gasteiger partial charge on any atom is 0.237 e. The molecule has 0 aliphatic rings. The fourth-order valence-corrected chi connectivity index (χ4v) is 2.20. The number of nitrogens with zero attached hydrogens (tertiary/aromatic N) is 2. The number of carbonyl (C=O) groups is 1. The number of nitrogens with two attached hydrogens (primary N) is 1. The number of hydrogen-bond donors (Lipinski definition) is 2. The van der Waals surface area contributed by atoms with Gasteiger partial charge in [0.15, 0.2) is 0 Å². The summed E-state index contributed by atoms with van der Waals surface area (Å²) in [7, 11) is 0. The molecule has 0 spiro atoms. The molecule has 1 heterocycles. The summed E-state index contributed by atoms with van der Waals surface area (Å²) in [6.07, 6.45) is 6.79. The average Bonchev–Trinajstić information content (AvgIpc) is 2.98. The van der Waals surface area contributed by atoms with E-state index in [0.717, 1.165) is 6.42 Å². The van der Waals surface area contributed by atoms with E-state index in [2.05, 4.69) is 10.3 Å². The van der Waals surface area contributed by atoms with Crippen LogP contribution in [0.1, 0.15) is 18.9 Å². The summed E-state index contributed by atoms with van der Waals surface area (Å²) in [4.78, 5) is 16.0. The molecular formula is C16H22N4O. The molecule has 1 aromatic carbocycles. The Morgan fingerprint density at radius 3 is 2.81 bits per heavy atom. The SMILES string of the molecule is CC(Cn1ccnc1)NC(=O)C(N)CCc1ccccc1. The zero-order valence-electron chi connectivity index (χ0n) is 12.3. The second-order valence-electron chi connectivity index (χ2n) is 5.30. The number of nitrogens with one attached hydrogen (secondary N) is 1. The average molecular weight is 286 g/mol. The molecule has 3 N–H and O–H groups in total. The summed E-state index contributed by atoms with van der Waals surface area (Å²) < 4.78 is 1.93. The molecule has 2 aromatic rings. The summed E-state index contributed by atoms with van der Waals surface area (Å²) in [5.74, 6) is -0.0986. The predicted octanol–water partition coefficient (Wildman–Crippen LogP) is 1.35. The van der Waals surface area contributed by atoms with E-state index in [1.54, 1.807) is 12.5 Å². The first-order valence-electron chi connectivity index (χ1n) is 7.21. The number of hydrogen-bond acceptors (Lipinski definition) is 3. The Hall–Kier alpha value is -2.14. The van der Waals surface area contributed by atoms with Gasteiger partial charge in [0, 0.05) is 25.0 Å². The van der Waals surface area contributed by atoms with Gasteiger partial charge in [-0.2, -0.15) is 0 Å². The van der Waals surface area contributed by atoms with Crippen molar-refractivity contribution in [2.24, 2.45) is 5.73 Å². The van der Waals surface area contributed by atoms with Crippen LogP contribution < -0.4 is 11.1 Å². The normalized spacial score (nSPS) is 13.6. The van der Waals surface area contributed by atoms with Crippen molar-refractivity contribution in [2.75, 3.05) is 0 Å². The second-order valence-corrected chi connectivity index (χ2v) is 5.30. The molecule has 1 amide bonds. The van der Waals surface area contributed by atoms with Gasteiger partial charge in [-0.1, -0.05) is 30.3 Å². The van der Waals surface area contributed by atoms with E-state index in [4.69, 9.17) is 5.73 Å². The third-order valence-electron chi connectivity index (χ3n) is 3.36. The molecule has 2 rings (SSSR count). The Labute approximate surface area is 125 Å². The summed E-state index contributed by atoms with van der Waals surface area (Å²) in [6.45, 7) is 2.65. The summed E-state index contributed by atoms with van der Waals surface area (Å²) in [6, 6.07) is 9.61. The Morgan fingerprint density at radius 1 is 1.38 bits per heavy atom. The van der Waals surface area contributed by atoms with E-state index in [-0.39, 0.29) is 11.9 Å². The van der Waals surface area contributed by atoms with Crippen LogP contribution in [0.3, 0.4) is 0 Å². The van der Waals surface area contributed by atoms with Crippen LogP contribution in [0.25, 0.3) is 0 Å². The summed E-state index contributed by atoms with van der Waals surface area (Å²) in [5, 5.41) is 2.94. The van der Waals surface area contributed by atoms with Crippen LogP contribution in [0.4, 0.5) is 0 Å². The molecular weight excluding hydrogens is 264 g/mol. The molecule has 2 atom stereocenters. The molecule has 5 heteroatoms. The van der Waals surface area contributed by atoms with Crippen LogP contribution in [-0.4, -0.2) is 27.5 Å². The highest BCUT2D eigenvalue weighted by Crippen LogP contribution is 2.04. The highest BCUT2D eigenvalue weighted by molar-refractivity contribution is 5.81. The third kappa shape index (κ3) is 5.04. The lowest BCUT2D eigenvalue weighted by atomic mass is 10.1. The number of aryl methyl sites for hydroxylation is 1. The maximum absolute atomic E-state index is 12.0. The number of imidazole rings is 1. The molecule has 0 saturated carbocycles. The fraction of sp³-hybridized carbons (Fsp3) is 0.375. The smallest absolute Gasteiger partial charge is 0.237 e. The molecule has 0 saturated heterocycles. The molecule has 0 fully saturated rings. The third-order valence-corrected chi connectivity index (χ3v) is 3.36. The lowest BCUT2D eigenvalue weighted by molar-refractivity contribution is -0.123. The highest BCUT2D eigenvalue weighted by Gasteiger charge is 2.15. The monoisotopic (exact) mass is 286 g/mol. The van der Waals surface area contributed by atoms with Crippen molar-refractivity contribution in [1.29, 1.82) is 0 Å². The van der Waals surface area contributed by atoms with Crippen LogP contribution in [0.2, 0.25) is 0 Å². The van der Waals surface area contributed by atoms with E-state index < -0.39 is 6.04 Å². The molecule has 5 nitrogen and oxygen atoms in total. The van der Waals surface area contributed by atoms with Crippen molar-refractivity contribution >= 4 is 5.91 Å². The molecule has 0 aliphatic carbocycles. The Kier molecular flexibility index (Phi) is 5.51. The zero-order valence-corrected chi connectivity index (χ0v) is 12.3. The van der Waals surface area contributed by atoms with Crippen LogP contribution in [0.5, 0.6) is 0 Å². The van der Waals surface area contributed by atoms with Crippen LogP contribution >= 0.6 is 0 Å². The first-order valence-corrected chi connectivity index (χ1v) is 7.21. The Balaban J connectivity index is 1.74. The van der Waals surface area contributed by atoms with Gasteiger partial charge in [0.1, 0.15) is 0 Å². The fourth-order valence-electron chi connectivity index (χ4n) is 2.20. The summed E-state index contributed by atoms with van der Waals surface area (Å²) >= 11 is 0. The van der Waals surface area contributed by atoms with E-state index in [0.29, 0.717) is 13.0 Å². The summed E-state index contributed by atoms with van der Waals surface area (Å²) in [5.41, 5.74) is 7.16. The zero-order chi connectivity index (χ0) is 15.1. The molecule has 1 aromatic heterocycles. The van der Waals surface area contributed by atoms with Gasteiger partial charge in [-0.3, -0.25) is 4.79 Å². The van der Waals surface area contributed by atoms with E-state index in [9.17, 15) is 4.79 Å². The van der Waals surface area contributed by atoms with Crippen LogP contribution in [0, 0.1) is 0 Å². The second kappa shape index (κ2) is 7.59. The quantitative estimate of drug-likeness (QED) is 0.807. The number of amides is 1. The number of benzene rings is 1. The Morgan fingerprint density at radius 2 is 2.14 bits per heavy atom. The van der Waals surface area contributed by atoms with E-state index >= 15 is 0 Å². The van der Waals surface area contributed by atoms with E-state index in [1.807, 2.05) is 48.0 Å². The van der Waals surface area contributed by atoms with Crippen molar-refractivity contribution < 1.29 is 4.79 Å². The predicted molar refractivity (Wildman–Crippen MR) is 82.6 cm³/mol. The van der Waals surface area contributed by atoms with Gasteiger partial charge in [0.2, 0.25) is 5.91 Å². The van der Waals surface area contributed by atoms with Gasteiger partial charge in [0.25, 0.3) is 0 Å².